The van der Waals surface area contributed by atoms with Gasteiger partial charge >= 0.3 is 24.3 Å². The van der Waals surface area contributed by atoms with Crippen LogP contribution >= 0.6 is 0 Å². The SMILES string of the molecule is Cn1cc(CN2C[C@@H]3[C@@H](CNC(=O)c4ccncc4)CO[C@@H]3C2)cn1.O=C(O)C(F)(F)F.O=C(O)C(F)(F)F. The van der Waals surface area contributed by atoms with Crippen LogP contribution in [0.4, 0.5) is 26.3 Å². The van der Waals surface area contributed by atoms with Crippen molar-refractivity contribution in [1.29, 1.82) is 0 Å². The van der Waals surface area contributed by atoms with Gasteiger partial charge in [0.2, 0.25) is 0 Å². The van der Waals surface area contributed by atoms with Crippen LogP contribution < -0.4 is 5.32 Å². The van der Waals surface area contributed by atoms with E-state index in [0.29, 0.717) is 23.9 Å². The molecular formula is C22H25F6N5O6. The normalized spacial score (nSPS) is 20.6. The lowest BCUT2D eigenvalue weighted by Crippen LogP contribution is -2.34. The summed E-state index contributed by atoms with van der Waals surface area (Å²) in [6, 6.07) is 3.46. The van der Waals surface area contributed by atoms with Crippen LogP contribution in [0.1, 0.15) is 15.9 Å². The first-order valence-electron chi connectivity index (χ1n) is 11.2. The Kier molecular flexibility index (Phi) is 10.8. The van der Waals surface area contributed by atoms with Gasteiger partial charge in [0.15, 0.2) is 0 Å². The molecule has 3 atom stereocenters. The number of fused-ring (bicyclic) bond motifs is 1. The number of likely N-dealkylation sites (tertiary alicyclic amines) is 1. The summed E-state index contributed by atoms with van der Waals surface area (Å²) < 4.78 is 71.3. The van der Waals surface area contributed by atoms with Crippen molar-refractivity contribution in [2.24, 2.45) is 18.9 Å². The van der Waals surface area contributed by atoms with Crippen LogP contribution in [0, 0.1) is 11.8 Å². The Balaban J connectivity index is 0.000000317. The number of aliphatic carboxylic acids is 2. The second kappa shape index (κ2) is 13.4. The Hall–Kier alpha value is -3.73. The summed E-state index contributed by atoms with van der Waals surface area (Å²) in [7, 11) is 1.94. The predicted octanol–water partition coefficient (Wildman–Crippen LogP) is 1.96. The lowest BCUT2D eigenvalue weighted by Gasteiger charge is -2.19. The molecule has 2 aromatic rings. The molecule has 2 aliphatic heterocycles. The van der Waals surface area contributed by atoms with Crippen molar-refractivity contribution in [2.75, 3.05) is 26.2 Å². The van der Waals surface area contributed by atoms with Crippen molar-refractivity contribution in [2.45, 2.75) is 25.0 Å². The maximum atomic E-state index is 12.2. The highest BCUT2D eigenvalue weighted by Crippen LogP contribution is 2.34. The Morgan fingerprint density at radius 3 is 2.10 bits per heavy atom. The van der Waals surface area contributed by atoms with E-state index in [-0.39, 0.29) is 12.0 Å². The Morgan fingerprint density at radius 2 is 1.62 bits per heavy atom. The highest BCUT2D eigenvalue weighted by atomic mass is 19.4. The summed E-state index contributed by atoms with van der Waals surface area (Å²) in [4.78, 5) is 36.4. The monoisotopic (exact) mass is 569 g/mol. The molecule has 4 heterocycles. The zero-order valence-corrected chi connectivity index (χ0v) is 20.3. The number of halogens is 6. The predicted molar refractivity (Wildman–Crippen MR) is 119 cm³/mol. The minimum atomic E-state index is -5.08. The van der Waals surface area contributed by atoms with Crippen LogP contribution in [0.5, 0.6) is 0 Å². The summed E-state index contributed by atoms with van der Waals surface area (Å²) in [5, 5.41) is 21.5. The highest BCUT2D eigenvalue weighted by molar-refractivity contribution is 5.93. The molecule has 0 aliphatic carbocycles. The molecule has 2 aliphatic rings. The van der Waals surface area contributed by atoms with Gasteiger partial charge in [-0.2, -0.15) is 31.4 Å². The average molecular weight is 569 g/mol. The molecule has 39 heavy (non-hydrogen) atoms. The number of carbonyl (C=O) groups is 3. The van der Waals surface area contributed by atoms with Gasteiger partial charge in [0, 0.05) is 74.8 Å². The van der Waals surface area contributed by atoms with E-state index in [2.05, 4.69) is 26.5 Å². The number of carboxylic acids is 2. The van der Waals surface area contributed by atoms with Crippen molar-refractivity contribution in [3.8, 4) is 0 Å². The first-order chi connectivity index (χ1) is 18.1. The van der Waals surface area contributed by atoms with E-state index in [0.717, 1.165) is 26.2 Å². The molecule has 3 N–H and O–H groups in total. The third-order valence-corrected chi connectivity index (χ3v) is 5.63. The van der Waals surface area contributed by atoms with E-state index in [1.807, 2.05) is 17.9 Å². The van der Waals surface area contributed by atoms with Gasteiger partial charge < -0.3 is 20.3 Å². The summed E-state index contributed by atoms with van der Waals surface area (Å²) in [6.07, 6.45) is -2.64. The molecule has 2 aromatic heterocycles. The number of nitrogens with zero attached hydrogens (tertiary/aromatic N) is 4. The lowest BCUT2D eigenvalue weighted by atomic mass is 9.93. The second-order valence-electron chi connectivity index (χ2n) is 8.56. The second-order valence-corrected chi connectivity index (χ2v) is 8.56. The fourth-order valence-corrected chi connectivity index (χ4v) is 3.86. The number of aryl methyl sites for hydroxylation is 1. The standard InChI is InChI=1S/C18H23N5O2.2C2HF3O2/c1-22-8-13(6-21-22)9-23-10-16-15(12-25-17(16)11-23)7-20-18(24)14-2-4-19-5-3-14;2*3-2(4,5)1(6)7/h2-6,8,15-17H,7,9-12H2,1H3,(H,20,24);2*(H,6,7)/t15-,16+,17+;;/m0../s1. The molecule has 0 radical (unpaired) electrons. The topological polar surface area (TPSA) is 147 Å². The lowest BCUT2D eigenvalue weighted by molar-refractivity contribution is -0.193. The molecule has 2 saturated heterocycles. The van der Waals surface area contributed by atoms with Gasteiger partial charge in [-0.1, -0.05) is 0 Å². The fraction of sp³-hybridized carbons (Fsp3) is 0.500. The number of nitrogens with one attached hydrogen (secondary N) is 1. The summed E-state index contributed by atoms with van der Waals surface area (Å²) in [5.74, 6) is -4.71. The maximum absolute atomic E-state index is 12.2. The van der Waals surface area contributed by atoms with E-state index in [9.17, 15) is 31.1 Å². The molecular weight excluding hydrogens is 544 g/mol. The summed E-state index contributed by atoms with van der Waals surface area (Å²) in [6.45, 7) is 4.25. The van der Waals surface area contributed by atoms with Crippen molar-refractivity contribution in [3.63, 3.8) is 0 Å². The number of hydrogen-bond acceptors (Lipinski definition) is 7. The summed E-state index contributed by atoms with van der Waals surface area (Å²) in [5.41, 5.74) is 1.88. The summed E-state index contributed by atoms with van der Waals surface area (Å²) >= 11 is 0. The highest BCUT2D eigenvalue weighted by Gasteiger charge is 2.43. The zero-order valence-electron chi connectivity index (χ0n) is 20.3. The Labute approximate surface area is 217 Å². The molecule has 0 bridgehead atoms. The van der Waals surface area contributed by atoms with E-state index in [1.165, 1.54) is 5.56 Å². The molecule has 0 unspecified atom stereocenters. The van der Waals surface area contributed by atoms with Gasteiger partial charge in [-0.05, 0) is 12.1 Å². The molecule has 4 rings (SSSR count). The van der Waals surface area contributed by atoms with Gasteiger partial charge in [-0.25, -0.2) is 9.59 Å². The van der Waals surface area contributed by atoms with Gasteiger partial charge in [-0.15, -0.1) is 0 Å². The molecule has 0 saturated carbocycles. The van der Waals surface area contributed by atoms with Gasteiger partial charge in [0.1, 0.15) is 0 Å². The van der Waals surface area contributed by atoms with Crippen LogP contribution in [-0.2, 0) is 27.9 Å². The van der Waals surface area contributed by atoms with Crippen LogP contribution in [0.15, 0.2) is 36.9 Å². The first-order valence-corrected chi connectivity index (χ1v) is 11.2. The largest absolute Gasteiger partial charge is 0.490 e. The number of aromatic nitrogens is 3. The molecule has 0 aromatic carbocycles. The van der Waals surface area contributed by atoms with Crippen molar-refractivity contribution >= 4 is 17.8 Å². The average Bonchev–Trinajstić information content (AvgIpc) is 3.54. The molecule has 17 heteroatoms. The van der Waals surface area contributed by atoms with E-state index in [1.54, 1.807) is 24.5 Å². The maximum Gasteiger partial charge on any atom is 0.490 e. The number of carboxylic acid groups (broad SMARTS) is 2. The first kappa shape index (κ1) is 31.5. The number of hydrogen-bond donors (Lipinski definition) is 3. The number of pyridine rings is 1. The van der Waals surface area contributed by atoms with Crippen LogP contribution in [0.2, 0.25) is 0 Å². The molecule has 2 fully saturated rings. The number of rotatable bonds is 5. The Bertz CT molecular complexity index is 1090. The molecule has 0 spiro atoms. The van der Waals surface area contributed by atoms with E-state index in [4.69, 9.17) is 24.5 Å². The van der Waals surface area contributed by atoms with Crippen LogP contribution in [0.3, 0.4) is 0 Å². The van der Waals surface area contributed by atoms with Crippen molar-refractivity contribution in [3.05, 3.63) is 48.0 Å². The number of ether oxygens (including phenoxy) is 1. The fourth-order valence-electron chi connectivity index (χ4n) is 3.86. The van der Waals surface area contributed by atoms with Crippen LogP contribution in [0.25, 0.3) is 0 Å². The number of alkyl halides is 6. The third kappa shape index (κ3) is 10.2. The quantitative estimate of drug-likeness (QED) is 0.460. The molecule has 216 valence electrons. The number of amides is 1. The third-order valence-electron chi connectivity index (χ3n) is 5.63. The Morgan fingerprint density at radius 1 is 1.05 bits per heavy atom. The van der Waals surface area contributed by atoms with Gasteiger partial charge in [0.25, 0.3) is 5.91 Å². The minimum absolute atomic E-state index is 0.0453. The smallest absolute Gasteiger partial charge is 0.475 e. The minimum Gasteiger partial charge on any atom is -0.475 e. The van der Waals surface area contributed by atoms with Crippen molar-refractivity contribution < 1.29 is 55.7 Å². The van der Waals surface area contributed by atoms with Gasteiger partial charge in [-0.3, -0.25) is 19.4 Å². The van der Waals surface area contributed by atoms with Crippen molar-refractivity contribution in [1.82, 2.24) is 25.0 Å². The molecule has 1 amide bonds. The van der Waals surface area contributed by atoms with E-state index < -0.39 is 24.3 Å². The molecule has 11 nitrogen and oxygen atoms in total. The van der Waals surface area contributed by atoms with Gasteiger partial charge in [0.05, 0.1) is 18.9 Å². The zero-order chi connectivity index (χ0) is 29.4. The number of carbonyl (C=O) groups excluding carboxylic acids is 1. The van der Waals surface area contributed by atoms with E-state index >= 15 is 0 Å². The van der Waals surface area contributed by atoms with Crippen LogP contribution in [-0.4, -0.2) is 92.4 Å².